The van der Waals surface area contributed by atoms with E-state index < -0.39 is 0 Å². The van der Waals surface area contributed by atoms with Gasteiger partial charge in [0.1, 0.15) is 0 Å². The first-order chi connectivity index (χ1) is 10.6. The molecule has 0 N–H and O–H groups in total. The third-order valence-corrected chi connectivity index (χ3v) is 4.38. The van der Waals surface area contributed by atoms with E-state index in [4.69, 9.17) is 9.72 Å². The number of aromatic nitrogens is 2. The summed E-state index contributed by atoms with van der Waals surface area (Å²) in [4.78, 5) is 16.3. The Labute approximate surface area is 133 Å². The van der Waals surface area contributed by atoms with Gasteiger partial charge in [-0.25, -0.2) is 9.97 Å². The fourth-order valence-corrected chi connectivity index (χ4v) is 3.20. The zero-order valence-electron chi connectivity index (χ0n) is 13.9. The van der Waals surface area contributed by atoms with Gasteiger partial charge in [-0.05, 0) is 27.0 Å². The number of piperazine rings is 1. The second-order valence-corrected chi connectivity index (χ2v) is 6.59. The first-order valence-corrected chi connectivity index (χ1v) is 8.23. The zero-order valence-corrected chi connectivity index (χ0v) is 13.9. The maximum atomic E-state index is 5.79. The van der Waals surface area contributed by atoms with Gasteiger partial charge in [-0.15, -0.1) is 0 Å². The van der Waals surface area contributed by atoms with Gasteiger partial charge in [-0.3, -0.25) is 4.90 Å². The lowest BCUT2D eigenvalue weighted by Crippen LogP contribution is -2.46. The largest absolute Gasteiger partial charge is 0.372 e. The average molecular weight is 305 g/mol. The number of rotatable bonds is 3. The minimum Gasteiger partial charge on any atom is -0.372 e. The highest BCUT2D eigenvalue weighted by Crippen LogP contribution is 2.17. The van der Waals surface area contributed by atoms with Crippen molar-refractivity contribution in [2.45, 2.75) is 32.6 Å². The maximum absolute atomic E-state index is 5.79. The van der Waals surface area contributed by atoms with Crippen molar-refractivity contribution in [2.75, 3.05) is 51.2 Å². The minimum atomic E-state index is 0.230. The molecule has 0 bridgehead atoms. The molecule has 6 nitrogen and oxygen atoms in total. The smallest absolute Gasteiger partial charge is 0.225 e. The number of likely N-dealkylation sites (N-methyl/N-ethyl adjacent to an activating group) is 1. The van der Waals surface area contributed by atoms with Crippen LogP contribution >= 0.6 is 0 Å². The van der Waals surface area contributed by atoms with E-state index in [1.807, 2.05) is 12.3 Å². The van der Waals surface area contributed by atoms with E-state index in [9.17, 15) is 0 Å². The van der Waals surface area contributed by atoms with E-state index in [-0.39, 0.29) is 12.2 Å². The Balaban J connectivity index is 1.64. The van der Waals surface area contributed by atoms with Crippen LogP contribution in [0.5, 0.6) is 0 Å². The van der Waals surface area contributed by atoms with Crippen molar-refractivity contribution in [2.24, 2.45) is 0 Å². The van der Waals surface area contributed by atoms with E-state index in [2.05, 4.69) is 40.6 Å². The number of morpholine rings is 1. The molecule has 22 heavy (non-hydrogen) atoms. The molecule has 3 rings (SSSR count). The Kier molecular flexibility index (Phi) is 4.90. The van der Waals surface area contributed by atoms with Gasteiger partial charge in [0.15, 0.2) is 0 Å². The van der Waals surface area contributed by atoms with E-state index in [0.717, 1.165) is 57.5 Å². The molecule has 2 atom stereocenters. The molecule has 0 radical (unpaired) electrons. The Bertz CT molecular complexity index is 479. The third-order valence-electron chi connectivity index (χ3n) is 4.38. The third kappa shape index (κ3) is 3.94. The summed E-state index contributed by atoms with van der Waals surface area (Å²) in [6, 6.07) is 2.04. The average Bonchev–Trinajstić information content (AvgIpc) is 2.49. The van der Waals surface area contributed by atoms with Crippen LogP contribution < -0.4 is 4.90 Å². The van der Waals surface area contributed by atoms with Crippen molar-refractivity contribution in [1.82, 2.24) is 19.8 Å². The molecule has 0 spiro atoms. The molecule has 6 heteroatoms. The maximum Gasteiger partial charge on any atom is 0.225 e. The van der Waals surface area contributed by atoms with Crippen molar-refractivity contribution < 1.29 is 4.74 Å². The lowest BCUT2D eigenvalue weighted by atomic mass is 10.2. The standard InChI is InChI=1S/C16H27N5O/c1-13-10-21(11-14(2)22-13)16-17-5-4-15(18-16)12-20-8-6-19(3)7-9-20/h4-5,13-14H,6-12H2,1-3H3/t13-,14-/m0/s1. The van der Waals surface area contributed by atoms with Gasteiger partial charge in [-0.1, -0.05) is 0 Å². The summed E-state index contributed by atoms with van der Waals surface area (Å²) in [5, 5.41) is 0. The van der Waals surface area contributed by atoms with Crippen LogP contribution in [0.2, 0.25) is 0 Å². The summed E-state index contributed by atoms with van der Waals surface area (Å²) in [5.41, 5.74) is 1.11. The predicted molar refractivity (Wildman–Crippen MR) is 87.0 cm³/mol. The van der Waals surface area contributed by atoms with Crippen molar-refractivity contribution in [1.29, 1.82) is 0 Å². The lowest BCUT2D eigenvalue weighted by molar-refractivity contribution is -0.00574. The summed E-state index contributed by atoms with van der Waals surface area (Å²) in [7, 11) is 2.18. The van der Waals surface area contributed by atoms with Crippen molar-refractivity contribution >= 4 is 5.95 Å². The van der Waals surface area contributed by atoms with Gasteiger partial charge in [0.25, 0.3) is 0 Å². The molecule has 1 aromatic rings. The molecule has 0 unspecified atom stereocenters. The van der Waals surface area contributed by atoms with E-state index in [0.29, 0.717) is 0 Å². The monoisotopic (exact) mass is 305 g/mol. The highest BCUT2D eigenvalue weighted by atomic mass is 16.5. The highest BCUT2D eigenvalue weighted by Gasteiger charge is 2.24. The molecule has 2 fully saturated rings. The fraction of sp³-hybridized carbons (Fsp3) is 0.750. The van der Waals surface area contributed by atoms with Crippen molar-refractivity contribution in [3.8, 4) is 0 Å². The van der Waals surface area contributed by atoms with Crippen LogP contribution in [0.25, 0.3) is 0 Å². The summed E-state index contributed by atoms with van der Waals surface area (Å²) in [5.74, 6) is 0.841. The van der Waals surface area contributed by atoms with E-state index >= 15 is 0 Å². The number of hydrogen-bond acceptors (Lipinski definition) is 6. The van der Waals surface area contributed by atoms with Crippen LogP contribution in [0.3, 0.4) is 0 Å². The Morgan fingerprint density at radius 2 is 1.82 bits per heavy atom. The molecular weight excluding hydrogens is 278 g/mol. The molecular formula is C16H27N5O. The summed E-state index contributed by atoms with van der Waals surface area (Å²) >= 11 is 0. The molecule has 0 aliphatic carbocycles. The van der Waals surface area contributed by atoms with Gasteiger partial charge in [0.05, 0.1) is 17.9 Å². The fourth-order valence-electron chi connectivity index (χ4n) is 3.20. The van der Waals surface area contributed by atoms with Crippen LogP contribution in [-0.4, -0.2) is 78.3 Å². The SMILES string of the molecule is C[C@H]1CN(c2nccc(CN3CCN(C)CC3)n2)C[C@H](C)O1. The first kappa shape index (κ1) is 15.6. The van der Waals surface area contributed by atoms with Gasteiger partial charge in [-0.2, -0.15) is 0 Å². The molecule has 3 heterocycles. The molecule has 2 aliphatic rings. The Morgan fingerprint density at radius 3 is 2.50 bits per heavy atom. The van der Waals surface area contributed by atoms with Crippen molar-refractivity contribution in [3.63, 3.8) is 0 Å². The van der Waals surface area contributed by atoms with E-state index in [1.165, 1.54) is 0 Å². The van der Waals surface area contributed by atoms with Crippen molar-refractivity contribution in [3.05, 3.63) is 18.0 Å². The molecule has 0 aromatic carbocycles. The molecule has 0 amide bonds. The summed E-state index contributed by atoms with van der Waals surface area (Å²) < 4.78 is 5.79. The van der Waals surface area contributed by atoms with Crippen LogP contribution in [0.4, 0.5) is 5.95 Å². The lowest BCUT2D eigenvalue weighted by Gasteiger charge is -2.35. The molecule has 1 aromatic heterocycles. The second-order valence-electron chi connectivity index (χ2n) is 6.59. The van der Waals surface area contributed by atoms with E-state index in [1.54, 1.807) is 0 Å². The molecule has 2 saturated heterocycles. The van der Waals surface area contributed by atoms with Gasteiger partial charge in [0, 0.05) is 52.0 Å². The number of ether oxygens (including phenoxy) is 1. The quantitative estimate of drug-likeness (QED) is 0.824. The first-order valence-electron chi connectivity index (χ1n) is 8.23. The predicted octanol–water partition coefficient (Wildman–Crippen LogP) is 0.838. The van der Waals surface area contributed by atoms with Gasteiger partial charge >= 0.3 is 0 Å². The number of anilines is 1. The normalized spacial score (nSPS) is 28.0. The topological polar surface area (TPSA) is 44.7 Å². The summed E-state index contributed by atoms with van der Waals surface area (Å²) in [6.45, 7) is 11.4. The molecule has 0 saturated carbocycles. The van der Waals surface area contributed by atoms with Gasteiger partial charge in [0.2, 0.25) is 5.95 Å². The second kappa shape index (κ2) is 6.89. The van der Waals surface area contributed by atoms with Crippen LogP contribution in [-0.2, 0) is 11.3 Å². The minimum absolute atomic E-state index is 0.230. The van der Waals surface area contributed by atoms with Crippen LogP contribution in [0.1, 0.15) is 19.5 Å². The Morgan fingerprint density at radius 1 is 1.14 bits per heavy atom. The highest BCUT2D eigenvalue weighted by molar-refractivity contribution is 5.31. The van der Waals surface area contributed by atoms with Crippen LogP contribution in [0, 0.1) is 0 Å². The Hall–Kier alpha value is -1.24. The van der Waals surface area contributed by atoms with Crippen LogP contribution in [0.15, 0.2) is 12.3 Å². The van der Waals surface area contributed by atoms with Gasteiger partial charge < -0.3 is 14.5 Å². The number of hydrogen-bond donors (Lipinski definition) is 0. The zero-order chi connectivity index (χ0) is 15.5. The summed E-state index contributed by atoms with van der Waals surface area (Å²) in [6.07, 6.45) is 2.35. The molecule has 122 valence electrons. The number of nitrogens with zero attached hydrogens (tertiary/aromatic N) is 5. The molecule has 2 aliphatic heterocycles.